The molecule has 1 rings (SSSR count). The van der Waals surface area contributed by atoms with E-state index in [1.165, 1.54) is 12.8 Å². The molecule has 0 aromatic carbocycles. The fraction of sp³-hybridized carbons (Fsp3) is 0.750. The van der Waals surface area contributed by atoms with Crippen molar-refractivity contribution in [3.8, 4) is 0 Å². The van der Waals surface area contributed by atoms with E-state index in [-0.39, 0.29) is 0 Å². The van der Waals surface area contributed by atoms with Gasteiger partial charge < -0.3 is 0 Å². The van der Waals surface area contributed by atoms with Crippen LogP contribution in [-0.4, -0.2) is 0 Å². The van der Waals surface area contributed by atoms with Gasteiger partial charge in [0.2, 0.25) is 0 Å². The second-order valence-corrected chi connectivity index (χ2v) is 2.98. The molecular weight excluding hydrogens is 96.1 g/mol. The summed E-state index contributed by atoms with van der Waals surface area (Å²) in [6.45, 7) is 4.60. The lowest BCUT2D eigenvalue weighted by atomic mass is 9.89. The van der Waals surface area contributed by atoms with Crippen LogP contribution in [-0.2, 0) is 0 Å². The average molecular weight is 110 g/mol. The number of allylic oxidation sites excluding steroid dienone is 2. The zero-order valence-corrected chi connectivity index (χ0v) is 5.72. The molecule has 0 aromatic heterocycles. The van der Waals surface area contributed by atoms with E-state index in [4.69, 9.17) is 0 Å². The fourth-order valence-corrected chi connectivity index (χ4v) is 1.35. The number of hydrogen-bond acceptors (Lipinski definition) is 0. The molecule has 0 saturated heterocycles. The third-order valence-corrected chi connectivity index (χ3v) is 1.78. The topological polar surface area (TPSA) is 0 Å². The molecule has 0 aliphatic heterocycles. The molecule has 0 radical (unpaired) electrons. The van der Waals surface area contributed by atoms with Gasteiger partial charge in [0.1, 0.15) is 0 Å². The van der Waals surface area contributed by atoms with E-state index >= 15 is 0 Å². The third-order valence-electron chi connectivity index (χ3n) is 1.78. The van der Waals surface area contributed by atoms with Crippen LogP contribution in [0.4, 0.5) is 0 Å². The van der Waals surface area contributed by atoms with Crippen LogP contribution in [0.5, 0.6) is 0 Å². The first kappa shape index (κ1) is 5.87. The Morgan fingerprint density at radius 1 is 1.38 bits per heavy atom. The zero-order chi connectivity index (χ0) is 5.98. The van der Waals surface area contributed by atoms with Crippen LogP contribution in [0.3, 0.4) is 0 Å². The van der Waals surface area contributed by atoms with Crippen LogP contribution in [0, 0.1) is 11.8 Å². The first-order valence-electron chi connectivity index (χ1n) is 3.45. The average Bonchev–Trinajstić information content (AvgIpc) is 1.64. The highest BCUT2D eigenvalue weighted by Gasteiger charge is 2.08. The Hall–Kier alpha value is -0.260. The Morgan fingerprint density at radius 3 is 2.50 bits per heavy atom. The van der Waals surface area contributed by atoms with Crippen LogP contribution < -0.4 is 0 Å². The van der Waals surface area contributed by atoms with Crippen molar-refractivity contribution in [3.05, 3.63) is 12.2 Å². The quantitative estimate of drug-likeness (QED) is 0.420. The monoisotopic (exact) mass is 110 g/mol. The lowest BCUT2D eigenvalue weighted by Crippen LogP contribution is -2.04. The van der Waals surface area contributed by atoms with Gasteiger partial charge in [-0.3, -0.25) is 0 Å². The molecule has 1 aliphatic carbocycles. The normalized spacial score (nSPS) is 37.8. The van der Waals surface area contributed by atoms with Gasteiger partial charge in [-0.2, -0.15) is 0 Å². The lowest BCUT2D eigenvalue weighted by Gasteiger charge is -2.16. The molecule has 0 heterocycles. The molecule has 46 valence electrons. The minimum absolute atomic E-state index is 0.832. The molecule has 8 heavy (non-hydrogen) atoms. The molecule has 0 aromatic rings. The van der Waals surface area contributed by atoms with Crippen LogP contribution in [0.25, 0.3) is 0 Å². The van der Waals surface area contributed by atoms with Gasteiger partial charge in [0.05, 0.1) is 0 Å². The number of hydrogen-bond donors (Lipinski definition) is 0. The van der Waals surface area contributed by atoms with Gasteiger partial charge in [-0.05, 0) is 24.7 Å². The second-order valence-electron chi connectivity index (χ2n) is 2.98. The smallest absolute Gasteiger partial charge is 0.0259 e. The molecule has 0 saturated carbocycles. The summed E-state index contributed by atoms with van der Waals surface area (Å²) >= 11 is 0. The minimum atomic E-state index is 0.832. The van der Waals surface area contributed by atoms with Crippen molar-refractivity contribution in [2.24, 2.45) is 11.8 Å². The molecule has 0 N–H and O–H groups in total. The molecule has 2 atom stereocenters. The summed E-state index contributed by atoms with van der Waals surface area (Å²) in [5, 5.41) is 0. The van der Waals surface area contributed by atoms with E-state index in [9.17, 15) is 0 Å². The highest BCUT2D eigenvalue weighted by molar-refractivity contribution is 4.92. The Morgan fingerprint density at radius 2 is 2.12 bits per heavy atom. The molecule has 0 fully saturated rings. The maximum absolute atomic E-state index is 2.32. The maximum Gasteiger partial charge on any atom is -0.0259 e. The maximum atomic E-state index is 2.32. The predicted octanol–water partition coefficient (Wildman–Crippen LogP) is 2.61. The summed E-state index contributed by atoms with van der Waals surface area (Å²) in [6, 6.07) is 0. The summed E-state index contributed by atoms with van der Waals surface area (Å²) in [4.78, 5) is 0. The van der Waals surface area contributed by atoms with Gasteiger partial charge in [0.25, 0.3) is 0 Å². The minimum Gasteiger partial charge on any atom is -0.0880 e. The van der Waals surface area contributed by atoms with Gasteiger partial charge in [-0.15, -0.1) is 0 Å². The van der Waals surface area contributed by atoms with Crippen molar-refractivity contribution in [1.29, 1.82) is 0 Å². The summed E-state index contributed by atoms with van der Waals surface area (Å²) in [6.07, 6.45) is 7.31. The van der Waals surface area contributed by atoms with Crippen LogP contribution >= 0.6 is 0 Å². The highest BCUT2D eigenvalue weighted by Crippen LogP contribution is 2.21. The second kappa shape index (κ2) is 2.34. The van der Waals surface area contributed by atoms with E-state index in [1.807, 2.05) is 0 Å². The third kappa shape index (κ3) is 1.36. The first-order valence-corrected chi connectivity index (χ1v) is 3.45. The molecular formula is C8H14. The summed E-state index contributed by atoms with van der Waals surface area (Å²) < 4.78 is 0. The Balaban J connectivity index is 2.42. The van der Waals surface area contributed by atoms with Gasteiger partial charge in [-0.1, -0.05) is 26.0 Å². The lowest BCUT2D eigenvalue weighted by molar-refractivity contribution is 0.449. The molecule has 0 amide bonds. The van der Waals surface area contributed by atoms with E-state index in [0.717, 1.165) is 11.8 Å². The summed E-state index contributed by atoms with van der Waals surface area (Å²) in [7, 11) is 0. The van der Waals surface area contributed by atoms with Gasteiger partial charge in [0, 0.05) is 0 Å². The summed E-state index contributed by atoms with van der Waals surface area (Å²) in [5.41, 5.74) is 0. The Kier molecular flexibility index (Phi) is 1.72. The van der Waals surface area contributed by atoms with Crippen LogP contribution in [0.2, 0.25) is 0 Å². The predicted molar refractivity (Wildman–Crippen MR) is 36.7 cm³/mol. The SMILES string of the molecule is C[C@H]1CC=C[C@@H](C)C1. The van der Waals surface area contributed by atoms with Gasteiger partial charge in [-0.25, -0.2) is 0 Å². The van der Waals surface area contributed by atoms with Crippen molar-refractivity contribution in [3.63, 3.8) is 0 Å². The molecule has 0 heteroatoms. The van der Waals surface area contributed by atoms with Crippen LogP contribution in [0.1, 0.15) is 26.7 Å². The van der Waals surface area contributed by atoms with Gasteiger partial charge in [0.15, 0.2) is 0 Å². The molecule has 0 bridgehead atoms. The van der Waals surface area contributed by atoms with E-state index in [2.05, 4.69) is 26.0 Å². The molecule has 0 nitrogen and oxygen atoms in total. The summed E-state index contributed by atoms with van der Waals surface area (Å²) in [5.74, 6) is 1.76. The van der Waals surface area contributed by atoms with E-state index < -0.39 is 0 Å². The van der Waals surface area contributed by atoms with Crippen molar-refractivity contribution in [1.82, 2.24) is 0 Å². The Labute approximate surface area is 51.6 Å². The van der Waals surface area contributed by atoms with E-state index in [1.54, 1.807) is 0 Å². The van der Waals surface area contributed by atoms with Crippen LogP contribution in [0.15, 0.2) is 12.2 Å². The van der Waals surface area contributed by atoms with Gasteiger partial charge >= 0.3 is 0 Å². The zero-order valence-electron chi connectivity index (χ0n) is 5.72. The van der Waals surface area contributed by atoms with E-state index in [0.29, 0.717) is 0 Å². The number of rotatable bonds is 0. The van der Waals surface area contributed by atoms with Crippen molar-refractivity contribution in [2.45, 2.75) is 26.7 Å². The Bertz CT molecular complexity index is 92.2. The standard InChI is InChI=1S/C8H14/c1-7-4-3-5-8(2)6-7/h3-4,7-8H,5-6H2,1-2H3/t7-,8+/m1/s1. The van der Waals surface area contributed by atoms with Crippen molar-refractivity contribution < 1.29 is 0 Å². The first-order chi connectivity index (χ1) is 3.79. The van der Waals surface area contributed by atoms with Crippen molar-refractivity contribution >= 4 is 0 Å². The largest absolute Gasteiger partial charge is 0.0880 e. The highest BCUT2D eigenvalue weighted by atomic mass is 14.1. The molecule has 1 aliphatic rings. The van der Waals surface area contributed by atoms with Crippen molar-refractivity contribution in [2.75, 3.05) is 0 Å². The fourth-order valence-electron chi connectivity index (χ4n) is 1.35. The molecule has 0 unspecified atom stereocenters. The molecule has 0 spiro atoms.